The van der Waals surface area contributed by atoms with Gasteiger partial charge in [-0.1, -0.05) is 25.5 Å². The lowest BCUT2D eigenvalue weighted by atomic mass is 10.1. The van der Waals surface area contributed by atoms with Gasteiger partial charge < -0.3 is 24.0 Å². The molecule has 32 heavy (non-hydrogen) atoms. The number of amides is 2. The van der Waals surface area contributed by atoms with Gasteiger partial charge in [0.05, 0.1) is 14.2 Å². The highest BCUT2D eigenvalue weighted by molar-refractivity contribution is 5.95. The summed E-state index contributed by atoms with van der Waals surface area (Å²) in [5.74, 6) is 1.64. The first-order valence-corrected chi connectivity index (χ1v) is 11.1. The number of hydrogen-bond acceptors (Lipinski definition) is 5. The minimum atomic E-state index is -0.0799. The number of ether oxygens (including phenoxy) is 3. The minimum absolute atomic E-state index is 0.00322. The summed E-state index contributed by atoms with van der Waals surface area (Å²) in [5, 5.41) is 0. The van der Waals surface area contributed by atoms with Crippen LogP contribution in [-0.2, 0) is 11.2 Å². The second-order valence-electron chi connectivity index (χ2n) is 7.78. The van der Waals surface area contributed by atoms with Crippen molar-refractivity contribution >= 4 is 11.8 Å². The Balaban J connectivity index is 1.53. The molecule has 1 aliphatic heterocycles. The topological polar surface area (TPSA) is 68.3 Å². The fourth-order valence-corrected chi connectivity index (χ4v) is 3.80. The fourth-order valence-electron chi connectivity index (χ4n) is 3.80. The second-order valence-corrected chi connectivity index (χ2v) is 7.78. The van der Waals surface area contributed by atoms with E-state index in [2.05, 4.69) is 6.92 Å². The van der Waals surface area contributed by atoms with Crippen LogP contribution in [0.15, 0.2) is 42.5 Å². The highest BCUT2D eigenvalue weighted by Gasteiger charge is 2.24. The van der Waals surface area contributed by atoms with E-state index in [1.165, 1.54) is 5.56 Å². The Labute approximate surface area is 189 Å². The Morgan fingerprint density at radius 2 is 1.56 bits per heavy atom. The highest BCUT2D eigenvalue weighted by Crippen LogP contribution is 2.28. The molecule has 0 aliphatic carbocycles. The molecule has 0 unspecified atom stereocenters. The van der Waals surface area contributed by atoms with Crippen molar-refractivity contribution in [2.24, 2.45) is 0 Å². The Bertz CT molecular complexity index is 913. The van der Waals surface area contributed by atoms with Gasteiger partial charge in [0.1, 0.15) is 5.75 Å². The van der Waals surface area contributed by atoms with Crippen LogP contribution in [0.4, 0.5) is 0 Å². The number of carbonyl (C=O) groups is 2. The Kier molecular flexibility index (Phi) is 8.36. The molecule has 0 radical (unpaired) electrons. The largest absolute Gasteiger partial charge is 0.493 e. The molecule has 2 amide bonds. The van der Waals surface area contributed by atoms with Crippen LogP contribution in [0, 0.1) is 0 Å². The molecule has 0 N–H and O–H groups in total. The molecule has 0 atom stereocenters. The van der Waals surface area contributed by atoms with E-state index in [0.717, 1.165) is 19.3 Å². The number of rotatable bonds is 8. The van der Waals surface area contributed by atoms with Crippen LogP contribution >= 0.6 is 0 Å². The zero-order valence-electron chi connectivity index (χ0n) is 19.1. The summed E-state index contributed by atoms with van der Waals surface area (Å²) in [6.45, 7) is 4.30. The molecule has 2 aromatic carbocycles. The van der Waals surface area contributed by atoms with Gasteiger partial charge in [0.2, 0.25) is 0 Å². The van der Waals surface area contributed by atoms with E-state index in [9.17, 15) is 9.59 Å². The molecule has 0 saturated carbocycles. The first kappa shape index (κ1) is 23.4. The molecule has 1 aliphatic rings. The van der Waals surface area contributed by atoms with E-state index < -0.39 is 0 Å². The molecule has 1 saturated heterocycles. The SMILES string of the molecule is CCCc1ccc(OCC(=O)N2CCCN(C(=O)c3ccc(OC)c(OC)c3)CC2)cc1. The van der Waals surface area contributed by atoms with Gasteiger partial charge in [-0.15, -0.1) is 0 Å². The zero-order chi connectivity index (χ0) is 22.9. The third-order valence-corrected chi connectivity index (χ3v) is 5.59. The van der Waals surface area contributed by atoms with Gasteiger partial charge in [-0.05, 0) is 48.7 Å². The van der Waals surface area contributed by atoms with Gasteiger partial charge in [-0.2, -0.15) is 0 Å². The van der Waals surface area contributed by atoms with Gasteiger partial charge in [0.25, 0.3) is 11.8 Å². The molecule has 0 spiro atoms. The number of carbonyl (C=O) groups excluding carboxylic acids is 2. The smallest absolute Gasteiger partial charge is 0.260 e. The summed E-state index contributed by atoms with van der Waals surface area (Å²) >= 11 is 0. The molecule has 2 aromatic rings. The summed E-state index contributed by atoms with van der Waals surface area (Å²) in [6.07, 6.45) is 2.85. The first-order chi connectivity index (χ1) is 15.5. The number of benzene rings is 2. The lowest BCUT2D eigenvalue weighted by Gasteiger charge is -2.22. The molecule has 172 valence electrons. The van der Waals surface area contributed by atoms with E-state index in [4.69, 9.17) is 14.2 Å². The van der Waals surface area contributed by atoms with Crippen molar-refractivity contribution < 1.29 is 23.8 Å². The molecular formula is C25H32N2O5. The van der Waals surface area contributed by atoms with Gasteiger partial charge in [0.15, 0.2) is 18.1 Å². The Hall–Kier alpha value is -3.22. The number of hydrogen-bond donors (Lipinski definition) is 0. The molecule has 7 nitrogen and oxygen atoms in total. The summed E-state index contributed by atoms with van der Waals surface area (Å²) in [7, 11) is 3.11. The monoisotopic (exact) mass is 440 g/mol. The predicted molar refractivity (Wildman–Crippen MR) is 123 cm³/mol. The Morgan fingerprint density at radius 3 is 2.25 bits per heavy atom. The molecule has 7 heteroatoms. The van der Waals surface area contributed by atoms with Gasteiger partial charge in [-0.25, -0.2) is 0 Å². The molecule has 1 heterocycles. The van der Waals surface area contributed by atoms with E-state index in [-0.39, 0.29) is 18.4 Å². The highest BCUT2D eigenvalue weighted by atomic mass is 16.5. The van der Waals surface area contributed by atoms with Crippen LogP contribution in [-0.4, -0.2) is 68.6 Å². The third kappa shape index (κ3) is 5.93. The average Bonchev–Trinajstić information content (AvgIpc) is 3.09. The average molecular weight is 441 g/mol. The van der Waals surface area contributed by atoms with Gasteiger partial charge in [0, 0.05) is 31.7 Å². The van der Waals surface area contributed by atoms with Crippen molar-refractivity contribution in [1.29, 1.82) is 0 Å². The zero-order valence-corrected chi connectivity index (χ0v) is 19.1. The first-order valence-electron chi connectivity index (χ1n) is 11.1. The van der Waals surface area contributed by atoms with Crippen LogP contribution in [0.2, 0.25) is 0 Å². The van der Waals surface area contributed by atoms with Crippen LogP contribution in [0.5, 0.6) is 17.2 Å². The molecule has 0 bridgehead atoms. The summed E-state index contributed by atoms with van der Waals surface area (Å²) in [5.41, 5.74) is 1.80. The maximum atomic E-state index is 13.0. The molecule has 1 fully saturated rings. The van der Waals surface area contributed by atoms with Gasteiger partial charge >= 0.3 is 0 Å². The third-order valence-electron chi connectivity index (χ3n) is 5.59. The van der Waals surface area contributed by atoms with Crippen molar-refractivity contribution in [3.05, 3.63) is 53.6 Å². The minimum Gasteiger partial charge on any atom is -0.493 e. The maximum Gasteiger partial charge on any atom is 0.260 e. The van der Waals surface area contributed by atoms with Crippen molar-refractivity contribution in [3.8, 4) is 17.2 Å². The molecule has 0 aromatic heterocycles. The lowest BCUT2D eigenvalue weighted by molar-refractivity contribution is -0.133. The second kappa shape index (κ2) is 11.4. The van der Waals surface area contributed by atoms with Crippen LogP contribution in [0.1, 0.15) is 35.7 Å². The van der Waals surface area contributed by atoms with E-state index in [1.807, 2.05) is 24.3 Å². The fraction of sp³-hybridized carbons (Fsp3) is 0.440. The number of aryl methyl sites for hydroxylation is 1. The summed E-state index contributed by atoms with van der Waals surface area (Å²) in [4.78, 5) is 29.2. The van der Waals surface area contributed by atoms with E-state index in [0.29, 0.717) is 49.0 Å². The van der Waals surface area contributed by atoms with Crippen molar-refractivity contribution in [3.63, 3.8) is 0 Å². The summed E-state index contributed by atoms with van der Waals surface area (Å²) in [6, 6.07) is 13.0. The standard InChI is InChI=1S/C25H32N2O5/c1-4-6-19-7-10-21(11-8-19)32-18-24(28)26-13-5-14-27(16-15-26)25(29)20-9-12-22(30-2)23(17-20)31-3/h7-12,17H,4-6,13-16,18H2,1-3H3. The molecular weight excluding hydrogens is 408 g/mol. The quantitative estimate of drug-likeness (QED) is 0.629. The van der Waals surface area contributed by atoms with Crippen molar-refractivity contribution in [2.45, 2.75) is 26.2 Å². The molecule has 3 rings (SSSR count). The van der Waals surface area contributed by atoms with Crippen LogP contribution in [0.25, 0.3) is 0 Å². The van der Waals surface area contributed by atoms with Gasteiger partial charge in [-0.3, -0.25) is 9.59 Å². The predicted octanol–water partition coefficient (Wildman–Crippen LogP) is 3.41. The summed E-state index contributed by atoms with van der Waals surface area (Å²) < 4.78 is 16.2. The normalized spacial score (nSPS) is 14.0. The van der Waals surface area contributed by atoms with Crippen LogP contribution in [0.3, 0.4) is 0 Å². The van der Waals surface area contributed by atoms with E-state index >= 15 is 0 Å². The van der Waals surface area contributed by atoms with Crippen molar-refractivity contribution in [2.75, 3.05) is 47.0 Å². The number of nitrogens with zero attached hydrogens (tertiary/aromatic N) is 2. The lowest BCUT2D eigenvalue weighted by Crippen LogP contribution is -2.39. The van der Waals surface area contributed by atoms with Crippen LogP contribution < -0.4 is 14.2 Å². The number of methoxy groups -OCH3 is 2. The van der Waals surface area contributed by atoms with Crippen molar-refractivity contribution in [1.82, 2.24) is 9.80 Å². The Morgan fingerprint density at radius 1 is 0.875 bits per heavy atom. The van der Waals surface area contributed by atoms with E-state index in [1.54, 1.807) is 42.2 Å². The maximum absolute atomic E-state index is 13.0.